The van der Waals surface area contributed by atoms with Gasteiger partial charge < -0.3 is 10.2 Å². The Hall–Kier alpha value is -3.68. The van der Waals surface area contributed by atoms with Gasteiger partial charge in [0.1, 0.15) is 6.54 Å². The van der Waals surface area contributed by atoms with Crippen LogP contribution < -0.4 is 16.6 Å². The highest BCUT2D eigenvalue weighted by atomic mass is 16.2. The van der Waals surface area contributed by atoms with E-state index in [1.165, 1.54) is 4.57 Å². The molecular formula is C29H36N4O4. The molecule has 1 aromatic heterocycles. The van der Waals surface area contributed by atoms with Crippen molar-refractivity contribution in [2.75, 3.05) is 13.1 Å². The minimum atomic E-state index is -0.518. The molecule has 4 rings (SSSR count). The van der Waals surface area contributed by atoms with Gasteiger partial charge in [0.05, 0.1) is 10.9 Å². The Kier molecular flexibility index (Phi) is 8.26. The SMILES string of the molecule is Cc1ccc(CNC(=O)CCCn2c(=O)c3ccccc3n(CC(=O)N3C[C@H](C)C[C@H](C)C3)c2=O)cc1. The Morgan fingerprint density at radius 3 is 2.32 bits per heavy atom. The number of aryl methyl sites for hydroxylation is 1. The summed E-state index contributed by atoms with van der Waals surface area (Å²) in [6, 6.07) is 14.8. The van der Waals surface area contributed by atoms with Crippen LogP contribution in [0.1, 0.15) is 44.2 Å². The molecule has 8 heteroatoms. The summed E-state index contributed by atoms with van der Waals surface area (Å²) in [6.07, 6.45) is 1.60. The summed E-state index contributed by atoms with van der Waals surface area (Å²) >= 11 is 0. The first-order valence-electron chi connectivity index (χ1n) is 13.1. The minimum absolute atomic E-state index is 0.104. The van der Waals surface area contributed by atoms with Crippen molar-refractivity contribution in [1.29, 1.82) is 0 Å². The highest BCUT2D eigenvalue weighted by Crippen LogP contribution is 2.21. The summed E-state index contributed by atoms with van der Waals surface area (Å²) in [5, 5.41) is 3.27. The molecule has 8 nitrogen and oxygen atoms in total. The monoisotopic (exact) mass is 504 g/mol. The number of hydrogen-bond donors (Lipinski definition) is 1. The standard InChI is InChI=1S/C29H36N4O4/c1-20-10-12-23(13-11-20)16-30-26(34)9-6-14-32-28(36)24-7-4-5-8-25(24)33(29(32)37)19-27(35)31-17-21(2)15-22(3)18-31/h4-5,7-8,10-13,21-22H,6,9,14-19H2,1-3H3,(H,30,34)/t21-,22+. The highest BCUT2D eigenvalue weighted by molar-refractivity contribution is 5.81. The average molecular weight is 505 g/mol. The van der Waals surface area contributed by atoms with E-state index < -0.39 is 11.2 Å². The number of benzene rings is 2. The van der Waals surface area contributed by atoms with E-state index >= 15 is 0 Å². The van der Waals surface area contributed by atoms with Gasteiger partial charge in [-0.05, 0) is 49.3 Å². The predicted molar refractivity (Wildman–Crippen MR) is 144 cm³/mol. The fourth-order valence-electron chi connectivity index (χ4n) is 5.22. The summed E-state index contributed by atoms with van der Waals surface area (Å²) in [7, 11) is 0. The lowest BCUT2D eigenvalue weighted by Gasteiger charge is -2.35. The molecular weight excluding hydrogens is 468 g/mol. The number of hydrogen-bond acceptors (Lipinski definition) is 4. The molecule has 196 valence electrons. The third kappa shape index (κ3) is 6.37. The summed E-state index contributed by atoms with van der Waals surface area (Å²) in [5.41, 5.74) is 1.70. The molecule has 2 atom stereocenters. The van der Waals surface area contributed by atoms with Crippen LogP contribution in [0.2, 0.25) is 0 Å². The second-order valence-electron chi connectivity index (χ2n) is 10.5. The van der Waals surface area contributed by atoms with E-state index in [0.717, 1.165) is 22.1 Å². The number of fused-ring (bicyclic) bond motifs is 1. The minimum Gasteiger partial charge on any atom is -0.352 e. The summed E-state index contributed by atoms with van der Waals surface area (Å²) in [4.78, 5) is 53.9. The summed E-state index contributed by atoms with van der Waals surface area (Å²) < 4.78 is 2.56. The van der Waals surface area contributed by atoms with Gasteiger partial charge >= 0.3 is 5.69 Å². The van der Waals surface area contributed by atoms with Crippen LogP contribution in [0.4, 0.5) is 0 Å². The third-order valence-electron chi connectivity index (χ3n) is 7.04. The first kappa shape index (κ1) is 26.4. The molecule has 0 radical (unpaired) electrons. The molecule has 0 bridgehead atoms. The summed E-state index contributed by atoms with van der Waals surface area (Å²) in [6.45, 7) is 8.04. The van der Waals surface area contributed by atoms with Gasteiger partial charge in [-0.1, -0.05) is 55.8 Å². The van der Waals surface area contributed by atoms with Crippen molar-refractivity contribution in [1.82, 2.24) is 19.4 Å². The van der Waals surface area contributed by atoms with Gasteiger partial charge in [-0.2, -0.15) is 0 Å². The first-order chi connectivity index (χ1) is 17.7. The lowest BCUT2D eigenvalue weighted by atomic mass is 9.92. The van der Waals surface area contributed by atoms with Crippen LogP contribution in [0.15, 0.2) is 58.1 Å². The zero-order valence-electron chi connectivity index (χ0n) is 21.9. The molecule has 2 amide bonds. The average Bonchev–Trinajstić information content (AvgIpc) is 2.87. The molecule has 0 aliphatic carbocycles. The molecule has 37 heavy (non-hydrogen) atoms. The number of carbonyl (C=O) groups is 2. The highest BCUT2D eigenvalue weighted by Gasteiger charge is 2.26. The quantitative estimate of drug-likeness (QED) is 0.510. The van der Waals surface area contributed by atoms with Gasteiger partial charge in [-0.3, -0.25) is 23.5 Å². The Balaban J connectivity index is 1.48. The van der Waals surface area contributed by atoms with Crippen LogP contribution >= 0.6 is 0 Å². The topological polar surface area (TPSA) is 93.4 Å². The largest absolute Gasteiger partial charge is 0.352 e. The maximum Gasteiger partial charge on any atom is 0.331 e. The van der Waals surface area contributed by atoms with Crippen molar-refractivity contribution in [3.05, 3.63) is 80.5 Å². The number of aromatic nitrogens is 2. The Bertz CT molecular complexity index is 1380. The van der Waals surface area contributed by atoms with E-state index in [1.807, 2.05) is 36.1 Å². The Morgan fingerprint density at radius 1 is 0.946 bits per heavy atom. The molecule has 3 aromatic rings. The maximum atomic E-state index is 13.4. The maximum absolute atomic E-state index is 13.4. The molecule has 2 aromatic carbocycles. The van der Waals surface area contributed by atoms with Gasteiger partial charge in [0, 0.05) is 32.6 Å². The fraction of sp³-hybridized carbons (Fsp3) is 0.448. The van der Waals surface area contributed by atoms with E-state index in [2.05, 4.69) is 19.2 Å². The Labute approximate surface area is 216 Å². The third-order valence-corrected chi connectivity index (χ3v) is 7.04. The van der Waals surface area contributed by atoms with Crippen molar-refractivity contribution in [2.45, 2.75) is 59.7 Å². The zero-order chi connectivity index (χ0) is 26.5. The smallest absolute Gasteiger partial charge is 0.331 e. The van der Waals surface area contributed by atoms with Crippen molar-refractivity contribution < 1.29 is 9.59 Å². The molecule has 1 saturated heterocycles. The number of nitrogens with zero attached hydrogens (tertiary/aromatic N) is 3. The van der Waals surface area contributed by atoms with Crippen LogP contribution in [-0.4, -0.2) is 38.9 Å². The normalized spacial score (nSPS) is 17.6. The number of likely N-dealkylation sites (tertiary alicyclic amines) is 1. The molecule has 0 unspecified atom stereocenters. The number of para-hydroxylation sites is 1. The number of rotatable bonds is 8. The molecule has 0 saturated carbocycles. The number of nitrogens with one attached hydrogen (secondary N) is 1. The zero-order valence-corrected chi connectivity index (χ0v) is 21.9. The van der Waals surface area contributed by atoms with Crippen LogP contribution in [0.5, 0.6) is 0 Å². The molecule has 0 spiro atoms. The van der Waals surface area contributed by atoms with E-state index in [9.17, 15) is 19.2 Å². The van der Waals surface area contributed by atoms with Gasteiger partial charge in [-0.15, -0.1) is 0 Å². The predicted octanol–water partition coefficient (Wildman–Crippen LogP) is 3.07. The van der Waals surface area contributed by atoms with Gasteiger partial charge in [0.15, 0.2) is 0 Å². The van der Waals surface area contributed by atoms with Crippen molar-refractivity contribution in [3.8, 4) is 0 Å². The van der Waals surface area contributed by atoms with Crippen molar-refractivity contribution >= 4 is 22.7 Å². The molecule has 1 aliphatic heterocycles. The van der Waals surface area contributed by atoms with Crippen LogP contribution in [0.25, 0.3) is 10.9 Å². The molecule has 2 heterocycles. The van der Waals surface area contributed by atoms with Crippen LogP contribution in [0, 0.1) is 18.8 Å². The van der Waals surface area contributed by atoms with Gasteiger partial charge in [0.25, 0.3) is 5.56 Å². The van der Waals surface area contributed by atoms with Crippen LogP contribution in [0.3, 0.4) is 0 Å². The van der Waals surface area contributed by atoms with Gasteiger partial charge in [0.2, 0.25) is 11.8 Å². The molecule has 1 fully saturated rings. The molecule has 1 N–H and O–H groups in total. The van der Waals surface area contributed by atoms with Crippen molar-refractivity contribution in [3.63, 3.8) is 0 Å². The Morgan fingerprint density at radius 2 is 1.62 bits per heavy atom. The number of piperidine rings is 1. The van der Waals surface area contributed by atoms with Gasteiger partial charge in [-0.25, -0.2) is 4.79 Å². The second kappa shape index (κ2) is 11.6. The van der Waals surface area contributed by atoms with E-state index in [0.29, 0.717) is 48.8 Å². The van der Waals surface area contributed by atoms with E-state index in [4.69, 9.17) is 0 Å². The van der Waals surface area contributed by atoms with Crippen LogP contribution in [-0.2, 0) is 29.2 Å². The van der Waals surface area contributed by atoms with E-state index in [-0.39, 0.29) is 31.3 Å². The summed E-state index contributed by atoms with van der Waals surface area (Å²) in [5.74, 6) is 0.559. The number of carbonyl (C=O) groups excluding carboxylic acids is 2. The van der Waals surface area contributed by atoms with E-state index in [1.54, 1.807) is 24.3 Å². The number of amides is 2. The fourth-order valence-corrected chi connectivity index (χ4v) is 5.22. The molecule has 1 aliphatic rings. The second-order valence-corrected chi connectivity index (χ2v) is 10.5. The lowest BCUT2D eigenvalue weighted by Crippen LogP contribution is -2.47. The first-order valence-corrected chi connectivity index (χ1v) is 13.1. The lowest BCUT2D eigenvalue weighted by molar-refractivity contribution is -0.134. The van der Waals surface area contributed by atoms with Crippen molar-refractivity contribution in [2.24, 2.45) is 11.8 Å².